The zero-order valence-corrected chi connectivity index (χ0v) is 11.1. The van der Waals surface area contributed by atoms with E-state index in [-0.39, 0.29) is 0 Å². The fraction of sp³-hybridized carbons (Fsp3) is 0.222. The van der Waals surface area contributed by atoms with Crippen LogP contribution in [-0.4, -0.2) is 29.0 Å². The summed E-state index contributed by atoms with van der Waals surface area (Å²) in [6.07, 6.45) is 0. The van der Waals surface area contributed by atoms with Gasteiger partial charge in [0.2, 0.25) is 5.13 Å². The van der Waals surface area contributed by atoms with Gasteiger partial charge in [-0.05, 0) is 23.4 Å². The van der Waals surface area contributed by atoms with Gasteiger partial charge in [-0.3, -0.25) is 0 Å². The second-order valence-corrected chi connectivity index (χ2v) is 4.65. The van der Waals surface area contributed by atoms with Crippen molar-refractivity contribution in [3.8, 4) is 5.75 Å². The maximum absolute atomic E-state index is 5.29. The minimum atomic E-state index is 0.719. The number of benzene rings is 1. The van der Waals surface area contributed by atoms with Gasteiger partial charge in [0.15, 0.2) is 0 Å². The van der Waals surface area contributed by atoms with Crippen molar-refractivity contribution in [1.82, 2.24) is 14.8 Å². The topological polar surface area (TPSA) is 51.1 Å². The first-order chi connectivity index (χ1) is 7.72. The van der Waals surface area contributed by atoms with Gasteiger partial charge in [-0.2, -0.15) is 0 Å². The Kier molecular flexibility index (Phi) is 3.35. The third-order valence-corrected chi connectivity index (χ3v) is 3.25. The smallest absolute Gasteiger partial charge is 0.232 e. The van der Waals surface area contributed by atoms with Crippen LogP contribution < -0.4 is 9.64 Å². The summed E-state index contributed by atoms with van der Waals surface area (Å²) in [6.45, 7) is 0. The number of halogens is 1. The van der Waals surface area contributed by atoms with E-state index in [9.17, 15) is 0 Å². The monoisotopic (exact) mass is 300 g/mol. The van der Waals surface area contributed by atoms with Crippen molar-refractivity contribution in [2.24, 2.45) is 0 Å². The minimum Gasteiger partial charge on any atom is -0.495 e. The Morgan fingerprint density at radius 2 is 2.25 bits per heavy atom. The van der Waals surface area contributed by atoms with Crippen LogP contribution in [0, 0.1) is 0 Å². The molecule has 0 aliphatic carbocycles. The number of anilines is 2. The Morgan fingerprint density at radius 3 is 2.88 bits per heavy atom. The quantitative estimate of drug-likeness (QED) is 0.871. The van der Waals surface area contributed by atoms with Gasteiger partial charge < -0.3 is 9.64 Å². The summed E-state index contributed by atoms with van der Waals surface area (Å²) in [6, 6.07) is 5.78. The van der Waals surface area contributed by atoms with Crippen LogP contribution in [0.1, 0.15) is 0 Å². The molecular weight excluding hydrogens is 292 g/mol. The van der Waals surface area contributed by atoms with Crippen LogP contribution in [0.25, 0.3) is 0 Å². The van der Waals surface area contributed by atoms with Crippen LogP contribution in [0.4, 0.5) is 10.8 Å². The molecule has 0 N–H and O–H groups in total. The molecule has 7 heteroatoms. The van der Waals surface area contributed by atoms with Crippen LogP contribution >= 0.6 is 27.5 Å². The standard InChI is InChI=1S/C9H9BrN4OS/c1-14(9-11-12-13-16-9)7-5-6(10)3-4-8(7)15-2/h3-5H,1-2H3. The zero-order valence-electron chi connectivity index (χ0n) is 8.72. The molecule has 0 spiro atoms. The van der Waals surface area contributed by atoms with Gasteiger partial charge in [0.1, 0.15) is 5.75 Å². The lowest BCUT2D eigenvalue weighted by Crippen LogP contribution is -2.10. The van der Waals surface area contributed by atoms with Crippen molar-refractivity contribution >= 4 is 38.3 Å². The second-order valence-electron chi connectivity index (χ2n) is 3.02. The van der Waals surface area contributed by atoms with Crippen molar-refractivity contribution in [2.45, 2.75) is 0 Å². The summed E-state index contributed by atoms with van der Waals surface area (Å²) in [4.78, 5) is 1.88. The molecule has 0 aliphatic heterocycles. The molecule has 1 aromatic heterocycles. The number of nitrogens with zero attached hydrogens (tertiary/aromatic N) is 4. The van der Waals surface area contributed by atoms with E-state index >= 15 is 0 Å². The fourth-order valence-electron chi connectivity index (χ4n) is 1.29. The maximum Gasteiger partial charge on any atom is 0.232 e. The third-order valence-electron chi connectivity index (χ3n) is 2.08. The average molecular weight is 301 g/mol. The number of ether oxygens (including phenoxy) is 1. The molecule has 0 bridgehead atoms. The van der Waals surface area contributed by atoms with Crippen molar-refractivity contribution < 1.29 is 4.74 Å². The fourth-order valence-corrected chi connectivity index (χ4v) is 2.08. The van der Waals surface area contributed by atoms with Crippen molar-refractivity contribution in [3.05, 3.63) is 22.7 Å². The molecule has 0 unspecified atom stereocenters. The van der Waals surface area contributed by atoms with Crippen LogP contribution in [0.2, 0.25) is 0 Å². The Bertz CT molecular complexity index is 476. The van der Waals surface area contributed by atoms with Gasteiger partial charge >= 0.3 is 0 Å². The van der Waals surface area contributed by atoms with Crippen LogP contribution in [0.3, 0.4) is 0 Å². The van der Waals surface area contributed by atoms with Gasteiger partial charge in [-0.15, -0.1) is 0 Å². The van der Waals surface area contributed by atoms with E-state index in [0.717, 1.165) is 21.0 Å². The molecule has 0 atom stereocenters. The normalized spacial score (nSPS) is 10.2. The van der Waals surface area contributed by atoms with Gasteiger partial charge in [0.05, 0.1) is 12.8 Å². The number of hydrogen-bond donors (Lipinski definition) is 0. The summed E-state index contributed by atoms with van der Waals surface area (Å²) in [7, 11) is 3.53. The lowest BCUT2D eigenvalue weighted by atomic mass is 10.3. The van der Waals surface area contributed by atoms with Gasteiger partial charge in [-0.25, -0.2) is 0 Å². The Labute approximate surface area is 105 Å². The summed E-state index contributed by atoms with van der Waals surface area (Å²) < 4.78 is 10.0. The lowest BCUT2D eigenvalue weighted by Gasteiger charge is -2.18. The highest BCUT2D eigenvalue weighted by Crippen LogP contribution is 2.34. The SMILES string of the molecule is COc1ccc(Br)cc1N(C)c1nnns1. The summed E-state index contributed by atoms with van der Waals surface area (Å²) in [5, 5.41) is 8.20. The largest absolute Gasteiger partial charge is 0.495 e. The first kappa shape index (κ1) is 11.3. The van der Waals surface area contributed by atoms with E-state index in [1.165, 1.54) is 11.5 Å². The van der Waals surface area contributed by atoms with E-state index in [1.54, 1.807) is 7.11 Å². The molecule has 0 saturated heterocycles. The van der Waals surface area contributed by atoms with Crippen molar-refractivity contribution in [3.63, 3.8) is 0 Å². The zero-order chi connectivity index (χ0) is 11.5. The van der Waals surface area contributed by atoms with Gasteiger partial charge in [0.25, 0.3) is 0 Å². The lowest BCUT2D eigenvalue weighted by molar-refractivity contribution is 0.415. The van der Waals surface area contributed by atoms with Crippen molar-refractivity contribution in [1.29, 1.82) is 0 Å². The molecule has 2 aromatic rings. The Morgan fingerprint density at radius 1 is 1.44 bits per heavy atom. The number of hydrogen-bond acceptors (Lipinski definition) is 6. The van der Waals surface area contributed by atoms with Crippen LogP contribution in [0.15, 0.2) is 22.7 Å². The molecule has 5 nitrogen and oxygen atoms in total. The van der Waals surface area contributed by atoms with Crippen molar-refractivity contribution in [2.75, 3.05) is 19.1 Å². The molecular formula is C9H9BrN4OS. The third kappa shape index (κ3) is 2.14. The number of rotatable bonds is 3. The average Bonchev–Trinajstić information content (AvgIpc) is 2.81. The molecule has 1 aromatic carbocycles. The predicted molar refractivity (Wildman–Crippen MR) is 66.5 cm³/mol. The van der Waals surface area contributed by atoms with E-state index in [2.05, 4.69) is 30.7 Å². The Balaban J connectivity index is 2.42. The summed E-state index contributed by atoms with van der Waals surface area (Å²) in [5.41, 5.74) is 0.912. The van der Waals surface area contributed by atoms with Gasteiger partial charge in [-0.1, -0.05) is 25.5 Å². The first-order valence-corrected chi connectivity index (χ1v) is 6.01. The molecule has 1 heterocycles. The first-order valence-electron chi connectivity index (χ1n) is 4.44. The molecule has 0 fully saturated rings. The van der Waals surface area contributed by atoms with E-state index in [0.29, 0.717) is 0 Å². The second kappa shape index (κ2) is 4.75. The highest BCUT2D eigenvalue weighted by atomic mass is 79.9. The number of methoxy groups -OCH3 is 1. The molecule has 0 aliphatic rings. The van der Waals surface area contributed by atoms with E-state index < -0.39 is 0 Å². The van der Waals surface area contributed by atoms with E-state index in [4.69, 9.17) is 4.74 Å². The molecule has 84 valence electrons. The minimum absolute atomic E-state index is 0.719. The van der Waals surface area contributed by atoms with E-state index in [1.807, 2.05) is 30.1 Å². The molecule has 16 heavy (non-hydrogen) atoms. The highest BCUT2D eigenvalue weighted by Gasteiger charge is 2.13. The van der Waals surface area contributed by atoms with Crippen LogP contribution in [-0.2, 0) is 0 Å². The maximum atomic E-state index is 5.29. The molecule has 0 radical (unpaired) electrons. The summed E-state index contributed by atoms with van der Waals surface area (Å²) in [5.74, 6) is 0.779. The number of aromatic nitrogens is 3. The summed E-state index contributed by atoms with van der Waals surface area (Å²) >= 11 is 4.66. The van der Waals surface area contributed by atoms with Crippen LogP contribution in [0.5, 0.6) is 5.75 Å². The Hall–Kier alpha value is -1.21. The molecule has 0 amide bonds. The molecule has 0 saturated carbocycles. The van der Waals surface area contributed by atoms with Gasteiger partial charge in [0, 0.05) is 23.1 Å². The highest BCUT2D eigenvalue weighted by molar-refractivity contribution is 9.10. The molecule has 2 rings (SSSR count). The predicted octanol–water partition coefficient (Wildman–Crippen LogP) is 2.47.